The van der Waals surface area contributed by atoms with Crippen LogP contribution in [0.2, 0.25) is 0 Å². The average molecular weight is 195 g/mol. The lowest BCUT2D eigenvalue weighted by Gasteiger charge is -2.15. The Hall–Kier alpha value is -1.38. The number of hydrogen-bond acceptors (Lipinski definition) is 1. The van der Waals surface area contributed by atoms with Crippen LogP contribution in [0.5, 0.6) is 0 Å². The van der Waals surface area contributed by atoms with Gasteiger partial charge in [-0.3, -0.25) is 4.79 Å². The van der Waals surface area contributed by atoms with E-state index < -0.39 is 0 Å². The van der Waals surface area contributed by atoms with Gasteiger partial charge in [0.15, 0.2) is 0 Å². The van der Waals surface area contributed by atoms with Crippen LogP contribution in [-0.2, 0) is 11.2 Å². The second-order valence-corrected chi connectivity index (χ2v) is 3.02. The van der Waals surface area contributed by atoms with Gasteiger partial charge in [0.1, 0.15) is 5.82 Å². The highest BCUT2D eigenvalue weighted by Gasteiger charge is 2.06. The molecule has 0 aliphatic rings. The second-order valence-electron chi connectivity index (χ2n) is 3.02. The van der Waals surface area contributed by atoms with Gasteiger partial charge in [0, 0.05) is 12.2 Å². The van der Waals surface area contributed by atoms with Gasteiger partial charge in [-0.05, 0) is 37.1 Å². The number of amides is 1. The van der Waals surface area contributed by atoms with Crippen molar-refractivity contribution in [3.05, 3.63) is 29.6 Å². The van der Waals surface area contributed by atoms with Crippen LogP contribution in [0.3, 0.4) is 0 Å². The van der Waals surface area contributed by atoms with Gasteiger partial charge in [-0.2, -0.15) is 0 Å². The molecule has 1 aromatic carbocycles. The molecule has 0 N–H and O–H groups in total. The van der Waals surface area contributed by atoms with Crippen LogP contribution in [0.1, 0.15) is 19.4 Å². The number of nitrogens with zero attached hydrogens (tertiary/aromatic N) is 1. The smallest absolute Gasteiger partial charge is 0.214 e. The van der Waals surface area contributed by atoms with E-state index in [2.05, 4.69) is 0 Å². The molecule has 76 valence electrons. The normalized spacial score (nSPS) is 9.93. The van der Waals surface area contributed by atoms with E-state index in [4.69, 9.17) is 0 Å². The molecule has 0 aliphatic carbocycles. The standard InChI is InChI=1S/C11H14FNO/c1-3-9-7-10(5-6-11(9)12)13(4-2)8-14/h5-8H,3-4H2,1-2H3. The maximum absolute atomic E-state index is 13.1. The van der Waals surface area contributed by atoms with Gasteiger partial charge in [-0.15, -0.1) is 0 Å². The van der Waals surface area contributed by atoms with E-state index in [9.17, 15) is 9.18 Å². The molecule has 0 heterocycles. The van der Waals surface area contributed by atoms with Crippen LogP contribution >= 0.6 is 0 Å². The maximum Gasteiger partial charge on any atom is 0.214 e. The first-order valence-corrected chi connectivity index (χ1v) is 4.73. The van der Waals surface area contributed by atoms with E-state index in [-0.39, 0.29) is 5.82 Å². The number of halogens is 1. The number of rotatable bonds is 4. The summed E-state index contributed by atoms with van der Waals surface area (Å²) in [6.07, 6.45) is 1.39. The lowest BCUT2D eigenvalue weighted by Crippen LogP contribution is -2.20. The number of carbonyl (C=O) groups excluding carboxylic acids is 1. The third-order valence-corrected chi connectivity index (χ3v) is 2.21. The van der Waals surface area contributed by atoms with Gasteiger partial charge in [-0.1, -0.05) is 6.92 Å². The van der Waals surface area contributed by atoms with Crippen LogP contribution in [0.25, 0.3) is 0 Å². The summed E-state index contributed by atoms with van der Waals surface area (Å²) >= 11 is 0. The van der Waals surface area contributed by atoms with Gasteiger partial charge >= 0.3 is 0 Å². The Morgan fingerprint density at radius 3 is 2.64 bits per heavy atom. The SMILES string of the molecule is CCc1cc(N(C=O)CC)ccc1F. The maximum atomic E-state index is 13.1. The average Bonchev–Trinajstić information content (AvgIpc) is 2.22. The summed E-state index contributed by atoms with van der Waals surface area (Å²) in [6.45, 7) is 4.36. The highest BCUT2D eigenvalue weighted by atomic mass is 19.1. The fourth-order valence-corrected chi connectivity index (χ4v) is 1.33. The summed E-state index contributed by atoms with van der Waals surface area (Å²) in [5.74, 6) is -0.210. The third kappa shape index (κ3) is 2.10. The molecule has 0 atom stereocenters. The van der Waals surface area contributed by atoms with Crippen molar-refractivity contribution in [2.75, 3.05) is 11.4 Å². The highest BCUT2D eigenvalue weighted by molar-refractivity contribution is 5.75. The molecular formula is C11H14FNO. The van der Waals surface area contributed by atoms with Gasteiger partial charge < -0.3 is 4.90 Å². The molecule has 1 aromatic rings. The van der Waals surface area contributed by atoms with E-state index in [1.54, 1.807) is 17.0 Å². The first-order valence-electron chi connectivity index (χ1n) is 4.73. The van der Waals surface area contributed by atoms with Crippen molar-refractivity contribution in [2.24, 2.45) is 0 Å². The van der Waals surface area contributed by atoms with E-state index >= 15 is 0 Å². The first kappa shape index (κ1) is 10.7. The van der Waals surface area contributed by atoms with E-state index in [0.29, 0.717) is 18.5 Å². The molecule has 0 bridgehead atoms. The van der Waals surface area contributed by atoms with Crippen molar-refractivity contribution in [3.8, 4) is 0 Å². The molecule has 1 rings (SSSR count). The van der Waals surface area contributed by atoms with Crippen LogP contribution in [0.4, 0.5) is 10.1 Å². The predicted molar refractivity (Wildman–Crippen MR) is 54.9 cm³/mol. The number of carbonyl (C=O) groups is 1. The number of aryl methyl sites for hydroxylation is 1. The third-order valence-electron chi connectivity index (χ3n) is 2.21. The van der Waals surface area contributed by atoms with E-state index in [0.717, 1.165) is 12.1 Å². The Labute approximate surface area is 83.3 Å². The van der Waals surface area contributed by atoms with Crippen molar-refractivity contribution in [1.82, 2.24) is 0 Å². The molecule has 0 aromatic heterocycles. The Kier molecular flexibility index (Phi) is 3.63. The zero-order valence-corrected chi connectivity index (χ0v) is 8.46. The van der Waals surface area contributed by atoms with Crippen LogP contribution < -0.4 is 4.90 Å². The molecule has 2 nitrogen and oxygen atoms in total. The largest absolute Gasteiger partial charge is 0.315 e. The summed E-state index contributed by atoms with van der Waals surface area (Å²) in [7, 11) is 0. The predicted octanol–water partition coefficient (Wildman–Crippen LogP) is 2.37. The topological polar surface area (TPSA) is 20.3 Å². The van der Waals surface area contributed by atoms with Crippen molar-refractivity contribution in [2.45, 2.75) is 20.3 Å². The summed E-state index contributed by atoms with van der Waals surface area (Å²) < 4.78 is 13.1. The lowest BCUT2D eigenvalue weighted by atomic mass is 10.1. The Balaban J connectivity index is 3.04. The second kappa shape index (κ2) is 4.74. The molecule has 0 saturated carbocycles. The minimum absolute atomic E-state index is 0.210. The molecule has 0 saturated heterocycles. The summed E-state index contributed by atoms with van der Waals surface area (Å²) in [4.78, 5) is 12.2. The van der Waals surface area contributed by atoms with Gasteiger partial charge in [0.05, 0.1) is 0 Å². The minimum atomic E-state index is -0.210. The zero-order valence-electron chi connectivity index (χ0n) is 8.46. The van der Waals surface area contributed by atoms with E-state index in [1.165, 1.54) is 6.07 Å². The molecule has 3 heteroatoms. The monoisotopic (exact) mass is 195 g/mol. The first-order chi connectivity index (χ1) is 6.72. The Bertz CT molecular complexity index is 325. The highest BCUT2D eigenvalue weighted by Crippen LogP contribution is 2.18. The quantitative estimate of drug-likeness (QED) is 0.675. The van der Waals surface area contributed by atoms with Crippen molar-refractivity contribution in [1.29, 1.82) is 0 Å². The molecule has 0 radical (unpaired) electrons. The Morgan fingerprint density at radius 1 is 1.43 bits per heavy atom. The van der Waals surface area contributed by atoms with Crippen LogP contribution in [0.15, 0.2) is 18.2 Å². The molecular weight excluding hydrogens is 181 g/mol. The summed E-state index contributed by atoms with van der Waals surface area (Å²) in [5, 5.41) is 0. The van der Waals surface area contributed by atoms with E-state index in [1.807, 2.05) is 13.8 Å². The molecule has 0 aliphatic heterocycles. The minimum Gasteiger partial charge on any atom is -0.315 e. The van der Waals surface area contributed by atoms with Crippen molar-refractivity contribution < 1.29 is 9.18 Å². The molecule has 0 unspecified atom stereocenters. The summed E-state index contributed by atoms with van der Waals surface area (Å²) in [6, 6.07) is 4.74. The fraction of sp³-hybridized carbons (Fsp3) is 0.364. The van der Waals surface area contributed by atoms with Crippen molar-refractivity contribution in [3.63, 3.8) is 0 Å². The van der Waals surface area contributed by atoms with Gasteiger partial charge in [0.25, 0.3) is 0 Å². The lowest BCUT2D eigenvalue weighted by molar-refractivity contribution is -0.107. The fourth-order valence-electron chi connectivity index (χ4n) is 1.33. The number of hydrogen-bond donors (Lipinski definition) is 0. The molecule has 1 amide bonds. The van der Waals surface area contributed by atoms with Crippen molar-refractivity contribution >= 4 is 12.1 Å². The number of benzene rings is 1. The van der Waals surface area contributed by atoms with Gasteiger partial charge in [0.2, 0.25) is 6.41 Å². The van der Waals surface area contributed by atoms with Crippen LogP contribution in [0, 0.1) is 5.82 Å². The van der Waals surface area contributed by atoms with Crippen LogP contribution in [-0.4, -0.2) is 13.0 Å². The molecule has 0 fully saturated rings. The van der Waals surface area contributed by atoms with Gasteiger partial charge in [-0.25, -0.2) is 4.39 Å². The Morgan fingerprint density at radius 2 is 2.14 bits per heavy atom. The molecule has 14 heavy (non-hydrogen) atoms. The molecule has 0 spiro atoms. The number of anilines is 1. The zero-order chi connectivity index (χ0) is 10.6. The summed E-state index contributed by atoms with van der Waals surface area (Å²) in [5.41, 5.74) is 1.39.